The van der Waals surface area contributed by atoms with Gasteiger partial charge in [-0.25, -0.2) is 8.42 Å². The molecule has 0 aliphatic heterocycles. The maximum atomic E-state index is 11.6. The van der Waals surface area contributed by atoms with Crippen LogP contribution in [0.3, 0.4) is 0 Å². The third kappa shape index (κ3) is 5.13. The first-order valence-corrected chi connectivity index (χ1v) is 8.41. The number of benzene rings is 2. The van der Waals surface area contributed by atoms with E-state index in [1.165, 1.54) is 0 Å². The second kappa shape index (κ2) is 8.77. The fraction of sp³-hybridized carbons (Fsp3) is 0.375. The van der Waals surface area contributed by atoms with E-state index in [0.29, 0.717) is 17.4 Å². The number of hydrogen-bond donors (Lipinski definition) is 0. The fourth-order valence-electron chi connectivity index (χ4n) is 2.52. The molecule has 0 aromatic heterocycles. The summed E-state index contributed by atoms with van der Waals surface area (Å²) in [5.41, 5.74) is 0.648. The monoisotopic (exact) mass is 330 g/mol. The molecule has 2 aromatic rings. The van der Waals surface area contributed by atoms with Crippen molar-refractivity contribution < 1.29 is 64.4 Å². The van der Waals surface area contributed by atoms with Gasteiger partial charge in [0, 0.05) is 0 Å². The van der Waals surface area contributed by atoms with E-state index in [1.54, 1.807) is 18.2 Å². The number of rotatable bonds is 6. The maximum absolute atomic E-state index is 11.6. The van der Waals surface area contributed by atoms with E-state index in [-0.39, 0.29) is 56.3 Å². The molecule has 0 atom stereocenters. The topological polar surface area (TPSA) is 57.2 Å². The van der Waals surface area contributed by atoms with Crippen LogP contribution in [0.1, 0.15) is 38.2 Å². The van der Waals surface area contributed by atoms with E-state index in [4.69, 9.17) is 0 Å². The molecule has 0 unspecified atom stereocenters. The molecule has 21 heavy (non-hydrogen) atoms. The van der Waals surface area contributed by atoms with Gasteiger partial charge in [0.15, 0.2) is 0 Å². The summed E-state index contributed by atoms with van der Waals surface area (Å²) >= 11 is 0. The van der Waals surface area contributed by atoms with Gasteiger partial charge in [0.2, 0.25) is 0 Å². The van der Waals surface area contributed by atoms with Crippen molar-refractivity contribution >= 4 is 20.9 Å². The zero-order valence-corrected chi connectivity index (χ0v) is 16.6. The van der Waals surface area contributed by atoms with Crippen LogP contribution in [-0.4, -0.2) is 13.0 Å². The Balaban J connectivity index is 0.00000220. The largest absolute Gasteiger partial charge is 1.00 e. The molecule has 5 heteroatoms. The van der Waals surface area contributed by atoms with Crippen molar-refractivity contribution in [2.45, 2.75) is 43.9 Å². The smallest absolute Gasteiger partial charge is 0.744 e. The SMILES string of the molecule is CCCCCCc1ccc2ccccc2c1S(=O)(=O)[O-].[K+]. The number of aryl methyl sites for hydroxylation is 1. The molecule has 0 saturated heterocycles. The van der Waals surface area contributed by atoms with Gasteiger partial charge in [-0.15, -0.1) is 0 Å². The molecule has 0 fully saturated rings. The van der Waals surface area contributed by atoms with E-state index in [1.807, 2.05) is 18.2 Å². The standard InChI is InChI=1S/C16H20O3S.K/c1-2-3-4-5-9-14-12-11-13-8-6-7-10-15(13)16(14)20(17,18)19;/h6-8,10-12H,2-5,9H2,1H3,(H,17,18,19);/q;+1/p-1. The summed E-state index contributed by atoms with van der Waals surface area (Å²) < 4.78 is 34.8. The Morgan fingerprint density at radius 3 is 2.38 bits per heavy atom. The Bertz CT molecular complexity index is 696. The van der Waals surface area contributed by atoms with Gasteiger partial charge in [0.05, 0.1) is 4.90 Å². The molecule has 0 aliphatic rings. The molecule has 0 aliphatic carbocycles. The molecule has 0 radical (unpaired) electrons. The summed E-state index contributed by atoms with van der Waals surface area (Å²) in [5.74, 6) is 0. The van der Waals surface area contributed by atoms with Crippen LogP contribution in [0.25, 0.3) is 10.8 Å². The number of fused-ring (bicyclic) bond motifs is 1. The number of unbranched alkanes of at least 4 members (excludes halogenated alkanes) is 3. The first-order valence-electron chi connectivity index (χ1n) is 7.00. The Kier molecular flexibility index (Phi) is 8.06. The van der Waals surface area contributed by atoms with Crippen LogP contribution in [0.15, 0.2) is 41.3 Å². The predicted octanol–water partition coefficient (Wildman–Crippen LogP) is 0.871. The summed E-state index contributed by atoms with van der Waals surface area (Å²) in [7, 11) is -4.45. The molecule has 3 nitrogen and oxygen atoms in total. The quantitative estimate of drug-likeness (QED) is 0.449. The first kappa shape index (κ1) is 19.3. The van der Waals surface area contributed by atoms with E-state index in [9.17, 15) is 13.0 Å². The van der Waals surface area contributed by atoms with Crippen LogP contribution in [0.4, 0.5) is 0 Å². The van der Waals surface area contributed by atoms with Crippen LogP contribution < -0.4 is 51.4 Å². The summed E-state index contributed by atoms with van der Waals surface area (Å²) in [5, 5.41) is 1.33. The van der Waals surface area contributed by atoms with Crippen molar-refractivity contribution in [2.75, 3.05) is 0 Å². The minimum absolute atomic E-state index is 0. The van der Waals surface area contributed by atoms with Crippen LogP contribution >= 0.6 is 0 Å². The normalized spacial score (nSPS) is 11.3. The maximum Gasteiger partial charge on any atom is 1.00 e. The Hall–Kier alpha value is 0.246. The van der Waals surface area contributed by atoms with Gasteiger partial charge < -0.3 is 4.55 Å². The van der Waals surface area contributed by atoms with Crippen molar-refractivity contribution in [1.82, 2.24) is 0 Å². The van der Waals surface area contributed by atoms with Gasteiger partial charge in [0.25, 0.3) is 0 Å². The van der Waals surface area contributed by atoms with E-state index in [0.717, 1.165) is 31.1 Å². The summed E-state index contributed by atoms with van der Waals surface area (Å²) in [6.07, 6.45) is 4.87. The predicted molar refractivity (Wildman–Crippen MR) is 79.8 cm³/mol. The summed E-state index contributed by atoms with van der Waals surface area (Å²) in [4.78, 5) is -0.0351. The van der Waals surface area contributed by atoms with Crippen LogP contribution in [-0.2, 0) is 16.5 Å². The van der Waals surface area contributed by atoms with Gasteiger partial charge >= 0.3 is 51.4 Å². The van der Waals surface area contributed by atoms with Gasteiger partial charge in [0.1, 0.15) is 10.1 Å². The Morgan fingerprint density at radius 1 is 1.00 bits per heavy atom. The molecular formula is C16H19KO3S. The average molecular weight is 330 g/mol. The van der Waals surface area contributed by atoms with Crippen molar-refractivity contribution in [2.24, 2.45) is 0 Å². The minimum atomic E-state index is -4.45. The average Bonchev–Trinajstić information content (AvgIpc) is 2.41. The van der Waals surface area contributed by atoms with Gasteiger partial charge in [-0.2, -0.15) is 0 Å². The van der Waals surface area contributed by atoms with Gasteiger partial charge in [-0.3, -0.25) is 0 Å². The molecular weight excluding hydrogens is 311 g/mol. The third-order valence-electron chi connectivity index (χ3n) is 3.51. The number of hydrogen-bond acceptors (Lipinski definition) is 3. The van der Waals surface area contributed by atoms with Crippen molar-refractivity contribution in [3.8, 4) is 0 Å². The Labute approximate surface area is 169 Å². The van der Waals surface area contributed by atoms with Crippen molar-refractivity contribution in [3.05, 3.63) is 42.0 Å². The van der Waals surface area contributed by atoms with Crippen LogP contribution in [0.2, 0.25) is 0 Å². The van der Waals surface area contributed by atoms with Gasteiger partial charge in [-0.05, 0) is 29.2 Å². The third-order valence-corrected chi connectivity index (χ3v) is 4.49. The Morgan fingerprint density at radius 2 is 1.71 bits per heavy atom. The van der Waals surface area contributed by atoms with Crippen molar-refractivity contribution in [1.29, 1.82) is 0 Å². The zero-order valence-electron chi connectivity index (χ0n) is 12.6. The summed E-state index contributed by atoms with van der Waals surface area (Å²) in [6.45, 7) is 2.13. The van der Waals surface area contributed by atoms with Crippen molar-refractivity contribution in [3.63, 3.8) is 0 Å². The van der Waals surface area contributed by atoms with Crippen LogP contribution in [0.5, 0.6) is 0 Å². The molecule has 0 N–H and O–H groups in total. The molecule has 0 amide bonds. The molecule has 108 valence electrons. The van der Waals surface area contributed by atoms with E-state index in [2.05, 4.69) is 6.92 Å². The molecule has 0 spiro atoms. The fourth-order valence-corrected chi connectivity index (χ4v) is 3.47. The molecule has 2 rings (SSSR count). The first-order chi connectivity index (χ1) is 9.54. The van der Waals surface area contributed by atoms with E-state index >= 15 is 0 Å². The van der Waals surface area contributed by atoms with Gasteiger partial charge in [-0.1, -0.05) is 62.6 Å². The minimum Gasteiger partial charge on any atom is -0.744 e. The van der Waals surface area contributed by atoms with E-state index < -0.39 is 10.1 Å². The molecule has 0 saturated carbocycles. The second-order valence-electron chi connectivity index (χ2n) is 5.04. The molecule has 0 bridgehead atoms. The second-order valence-corrected chi connectivity index (χ2v) is 6.36. The summed E-state index contributed by atoms with van der Waals surface area (Å²) in [6, 6.07) is 10.8. The van der Waals surface area contributed by atoms with Crippen LogP contribution in [0, 0.1) is 0 Å². The zero-order chi connectivity index (χ0) is 14.6. The molecule has 2 aromatic carbocycles. The molecule has 0 heterocycles.